The van der Waals surface area contributed by atoms with Gasteiger partial charge in [0, 0.05) is 0 Å². The largest absolute Gasteiger partial charge is 0.0626 e. The third kappa shape index (κ3) is 4.29. The fraction of sp³-hybridized carbons (Fsp3) is 0.462. The highest BCUT2D eigenvalue weighted by atomic mass is 14.2. The van der Waals surface area contributed by atoms with Gasteiger partial charge in [-0.1, -0.05) is 89.6 Å². The van der Waals surface area contributed by atoms with Crippen molar-refractivity contribution >= 4 is 6.08 Å². The smallest absolute Gasteiger partial charge is 0.00550 e. The van der Waals surface area contributed by atoms with E-state index in [9.17, 15) is 0 Å². The van der Waals surface area contributed by atoms with Gasteiger partial charge in [-0.3, -0.25) is 0 Å². The van der Waals surface area contributed by atoms with E-state index in [0.29, 0.717) is 17.8 Å². The van der Waals surface area contributed by atoms with Gasteiger partial charge < -0.3 is 0 Å². The van der Waals surface area contributed by atoms with E-state index >= 15 is 0 Å². The van der Waals surface area contributed by atoms with Gasteiger partial charge >= 0.3 is 0 Å². The highest BCUT2D eigenvalue weighted by Crippen LogP contribution is 2.37. The second-order valence-electron chi connectivity index (χ2n) is 9.16. The van der Waals surface area contributed by atoms with E-state index in [1.807, 2.05) is 0 Å². The molecule has 0 nitrogen and oxygen atoms in total. The average Bonchev–Trinajstić information content (AvgIpc) is 2.97. The predicted octanol–water partition coefficient (Wildman–Crippen LogP) is 7.35. The second-order valence-corrected chi connectivity index (χ2v) is 9.16. The molecule has 0 fully saturated rings. The summed E-state index contributed by atoms with van der Waals surface area (Å²) >= 11 is 0. The van der Waals surface area contributed by atoms with Gasteiger partial charge in [0.05, 0.1) is 0 Å². The summed E-state index contributed by atoms with van der Waals surface area (Å²) in [6.45, 7) is 13.9. The molecular weight excluding hydrogens is 312 g/mol. The molecule has 0 radical (unpaired) electrons. The highest BCUT2D eigenvalue weighted by molar-refractivity contribution is 5.81. The maximum absolute atomic E-state index is 2.45. The zero-order chi connectivity index (χ0) is 18.8. The summed E-state index contributed by atoms with van der Waals surface area (Å²) < 4.78 is 0. The van der Waals surface area contributed by atoms with Crippen LogP contribution >= 0.6 is 0 Å². The van der Waals surface area contributed by atoms with Gasteiger partial charge in [0.2, 0.25) is 0 Å². The summed E-state index contributed by atoms with van der Waals surface area (Å²) in [5.41, 5.74) is 10.3. The first kappa shape index (κ1) is 19.0. The van der Waals surface area contributed by atoms with Crippen molar-refractivity contribution in [1.82, 2.24) is 0 Å². The van der Waals surface area contributed by atoms with Gasteiger partial charge in [0.1, 0.15) is 0 Å². The molecule has 0 saturated carbocycles. The third-order valence-corrected chi connectivity index (χ3v) is 5.31. The van der Waals surface area contributed by atoms with E-state index in [-0.39, 0.29) is 0 Å². The first-order chi connectivity index (χ1) is 12.3. The number of hydrogen-bond donors (Lipinski definition) is 0. The van der Waals surface area contributed by atoms with Crippen molar-refractivity contribution < 1.29 is 0 Å². The average molecular weight is 347 g/mol. The van der Waals surface area contributed by atoms with Crippen LogP contribution in [0.4, 0.5) is 0 Å². The summed E-state index contributed by atoms with van der Waals surface area (Å²) in [5.74, 6) is 2.00. The molecule has 2 aromatic carbocycles. The molecule has 0 heterocycles. The summed E-state index contributed by atoms with van der Waals surface area (Å²) in [6.07, 6.45) is 5.88. The minimum absolute atomic E-state index is 0.624. The van der Waals surface area contributed by atoms with E-state index in [1.165, 1.54) is 33.4 Å². The standard InChI is InChI=1S/C26H34/c1-17(2)10-20-12-21(11-18(3)4)14-24(13-20)25-9-7-8-22-15-23(19(5)6)16-26(22)25/h7-9,12-14,16-19H,10-11,15H2,1-6H3. The number of allylic oxidation sites excluding steroid dienone is 1. The molecule has 1 aliphatic carbocycles. The molecule has 0 aromatic heterocycles. The maximum atomic E-state index is 2.45. The van der Waals surface area contributed by atoms with Crippen LogP contribution in [0.25, 0.3) is 17.2 Å². The third-order valence-electron chi connectivity index (χ3n) is 5.31. The Balaban J connectivity index is 2.08. The Morgan fingerprint density at radius 3 is 1.96 bits per heavy atom. The van der Waals surface area contributed by atoms with Crippen LogP contribution < -0.4 is 0 Å². The lowest BCUT2D eigenvalue weighted by atomic mass is 9.90. The Morgan fingerprint density at radius 2 is 1.42 bits per heavy atom. The lowest BCUT2D eigenvalue weighted by Gasteiger charge is -2.15. The van der Waals surface area contributed by atoms with Crippen molar-refractivity contribution in [1.29, 1.82) is 0 Å². The number of hydrogen-bond acceptors (Lipinski definition) is 0. The molecule has 0 N–H and O–H groups in total. The lowest BCUT2D eigenvalue weighted by Crippen LogP contribution is -2.00. The molecule has 1 aliphatic rings. The van der Waals surface area contributed by atoms with Gasteiger partial charge in [0.25, 0.3) is 0 Å². The van der Waals surface area contributed by atoms with Crippen molar-refractivity contribution in [3.05, 3.63) is 64.2 Å². The van der Waals surface area contributed by atoms with E-state index in [4.69, 9.17) is 0 Å². The minimum Gasteiger partial charge on any atom is -0.0626 e. The van der Waals surface area contributed by atoms with Gasteiger partial charge in [-0.25, -0.2) is 0 Å². The second kappa shape index (κ2) is 7.82. The van der Waals surface area contributed by atoms with Crippen LogP contribution in [0.15, 0.2) is 42.0 Å². The molecule has 2 aromatic rings. The molecule has 0 amide bonds. The molecule has 0 bridgehead atoms. The molecule has 0 saturated heterocycles. The molecule has 3 rings (SSSR count). The van der Waals surface area contributed by atoms with Gasteiger partial charge in [0.15, 0.2) is 0 Å². The molecule has 0 aliphatic heterocycles. The summed E-state index contributed by atoms with van der Waals surface area (Å²) in [6, 6.07) is 14.1. The van der Waals surface area contributed by atoms with Crippen LogP contribution in [0.5, 0.6) is 0 Å². The fourth-order valence-corrected chi connectivity index (χ4v) is 4.11. The van der Waals surface area contributed by atoms with Crippen LogP contribution in [0, 0.1) is 17.8 Å². The lowest BCUT2D eigenvalue weighted by molar-refractivity contribution is 0.636. The Kier molecular flexibility index (Phi) is 5.70. The van der Waals surface area contributed by atoms with Gasteiger partial charge in [-0.2, -0.15) is 0 Å². The van der Waals surface area contributed by atoms with Crippen molar-refractivity contribution in [2.45, 2.75) is 60.8 Å². The quantitative estimate of drug-likeness (QED) is 0.513. The number of benzene rings is 2. The number of fused-ring (bicyclic) bond motifs is 1. The zero-order valence-electron chi connectivity index (χ0n) is 17.4. The van der Waals surface area contributed by atoms with Gasteiger partial charge in [-0.15, -0.1) is 0 Å². The monoisotopic (exact) mass is 346 g/mol. The SMILES string of the molecule is CC(C)Cc1cc(CC(C)C)cc(-c2cccc3c2C=C(C(C)C)C3)c1. The minimum atomic E-state index is 0.624. The van der Waals surface area contributed by atoms with Crippen LogP contribution in [0.2, 0.25) is 0 Å². The molecule has 0 heteroatoms. The van der Waals surface area contributed by atoms with E-state index in [0.717, 1.165) is 19.3 Å². The number of rotatable bonds is 6. The van der Waals surface area contributed by atoms with Crippen LogP contribution in [0.1, 0.15) is 63.8 Å². The van der Waals surface area contributed by atoms with E-state index in [1.54, 1.807) is 5.57 Å². The summed E-state index contributed by atoms with van der Waals surface area (Å²) in [7, 11) is 0. The van der Waals surface area contributed by atoms with Crippen LogP contribution in [-0.4, -0.2) is 0 Å². The Labute approximate surface area is 160 Å². The van der Waals surface area contributed by atoms with Crippen LogP contribution in [0.3, 0.4) is 0 Å². The maximum Gasteiger partial charge on any atom is -0.00550 e. The predicted molar refractivity (Wildman–Crippen MR) is 115 cm³/mol. The molecule has 138 valence electrons. The highest BCUT2D eigenvalue weighted by Gasteiger charge is 2.19. The van der Waals surface area contributed by atoms with Crippen molar-refractivity contribution in [3.63, 3.8) is 0 Å². The van der Waals surface area contributed by atoms with E-state index < -0.39 is 0 Å². The Morgan fingerprint density at radius 1 is 0.808 bits per heavy atom. The Bertz CT molecular complexity index is 775. The molecule has 0 unspecified atom stereocenters. The zero-order valence-corrected chi connectivity index (χ0v) is 17.4. The summed E-state index contributed by atoms with van der Waals surface area (Å²) in [5, 5.41) is 0. The first-order valence-electron chi connectivity index (χ1n) is 10.3. The normalized spacial score (nSPS) is 13.7. The molecular formula is C26H34. The van der Waals surface area contributed by atoms with Crippen molar-refractivity contribution in [2.75, 3.05) is 0 Å². The van der Waals surface area contributed by atoms with Gasteiger partial charge in [-0.05, 0) is 70.4 Å². The van der Waals surface area contributed by atoms with Crippen LogP contribution in [-0.2, 0) is 19.3 Å². The Hall–Kier alpha value is -1.82. The molecule has 26 heavy (non-hydrogen) atoms. The molecule has 0 atom stereocenters. The fourth-order valence-electron chi connectivity index (χ4n) is 4.11. The van der Waals surface area contributed by atoms with Crippen molar-refractivity contribution in [2.24, 2.45) is 17.8 Å². The first-order valence-corrected chi connectivity index (χ1v) is 10.3. The van der Waals surface area contributed by atoms with Crippen molar-refractivity contribution in [3.8, 4) is 11.1 Å². The van der Waals surface area contributed by atoms with E-state index in [2.05, 4.69) is 84.0 Å². The topological polar surface area (TPSA) is 0 Å². The summed E-state index contributed by atoms with van der Waals surface area (Å²) in [4.78, 5) is 0. The molecule has 0 spiro atoms.